The van der Waals surface area contributed by atoms with Gasteiger partial charge in [-0.1, -0.05) is 18.2 Å². The molecule has 2 aromatic carbocycles. The number of carbonyl (C=O) groups excluding carboxylic acids is 1. The van der Waals surface area contributed by atoms with Gasteiger partial charge in [0.25, 0.3) is 5.91 Å². The van der Waals surface area contributed by atoms with Gasteiger partial charge in [0.2, 0.25) is 0 Å². The van der Waals surface area contributed by atoms with Crippen LogP contribution in [0.5, 0.6) is 5.75 Å². The standard InChI is InChI=1S/C22H25N3O3S/c1-27-20-12-19(25-23)15(10-17-9-14-5-2-3-7-21(14)29-17)11-18(20)22(26)24-13-16-6-4-8-28-16/h2-3,5,7,9,11-12,16,25H,4,6,8,10,13,23H2,1H3,(H,24,26). The molecule has 1 saturated heterocycles. The number of nitrogens with two attached hydrogens (primary N) is 1. The first-order valence-electron chi connectivity index (χ1n) is 9.72. The fourth-order valence-electron chi connectivity index (χ4n) is 3.67. The van der Waals surface area contributed by atoms with Crippen LogP contribution >= 0.6 is 11.3 Å². The largest absolute Gasteiger partial charge is 0.496 e. The van der Waals surface area contributed by atoms with E-state index in [-0.39, 0.29) is 12.0 Å². The zero-order chi connectivity index (χ0) is 20.2. The van der Waals surface area contributed by atoms with Crippen LogP contribution in [-0.4, -0.2) is 32.3 Å². The Hall–Kier alpha value is -2.61. The van der Waals surface area contributed by atoms with E-state index < -0.39 is 0 Å². The highest BCUT2D eigenvalue weighted by Gasteiger charge is 2.20. The quantitative estimate of drug-likeness (QED) is 0.408. The number of nitrogens with one attached hydrogen (secondary N) is 2. The van der Waals surface area contributed by atoms with E-state index in [1.165, 1.54) is 15.0 Å². The summed E-state index contributed by atoms with van der Waals surface area (Å²) in [4.78, 5) is 14.0. The van der Waals surface area contributed by atoms with Gasteiger partial charge in [-0.2, -0.15) is 0 Å². The fourth-order valence-corrected chi connectivity index (χ4v) is 4.76. The van der Waals surface area contributed by atoms with Crippen LogP contribution in [-0.2, 0) is 11.2 Å². The highest BCUT2D eigenvalue weighted by molar-refractivity contribution is 7.19. The second kappa shape index (κ2) is 8.82. The van der Waals surface area contributed by atoms with Gasteiger partial charge in [-0.3, -0.25) is 10.6 Å². The Balaban J connectivity index is 1.60. The predicted molar refractivity (Wildman–Crippen MR) is 117 cm³/mol. The third kappa shape index (κ3) is 4.37. The van der Waals surface area contributed by atoms with Crippen molar-refractivity contribution in [2.45, 2.75) is 25.4 Å². The third-order valence-corrected chi connectivity index (χ3v) is 6.30. The molecule has 0 aliphatic carbocycles. The molecule has 7 heteroatoms. The lowest BCUT2D eigenvalue weighted by atomic mass is 10.0. The lowest BCUT2D eigenvalue weighted by Gasteiger charge is -2.16. The number of anilines is 1. The zero-order valence-corrected chi connectivity index (χ0v) is 17.2. The number of benzene rings is 2. The molecule has 1 fully saturated rings. The van der Waals surface area contributed by atoms with Gasteiger partial charge in [0.05, 0.1) is 24.5 Å². The van der Waals surface area contributed by atoms with Crippen molar-refractivity contribution in [1.29, 1.82) is 0 Å². The number of thiophene rings is 1. The van der Waals surface area contributed by atoms with Crippen molar-refractivity contribution >= 4 is 33.0 Å². The minimum Gasteiger partial charge on any atom is -0.496 e. The number of hydrogen-bond acceptors (Lipinski definition) is 6. The van der Waals surface area contributed by atoms with Gasteiger partial charge >= 0.3 is 0 Å². The fraction of sp³-hybridized carbons (Fsp3) is 0.318. The van der Waals surface area contributed by atoms with Crippen LogP contribution in [0.4, 0.5) is 5.69 Å². The minimum absolute atomic E-state index is 0.0907. The number of nitrogen functional groups attached to an aromatic ring is 1. The number of rotatable bonds is 7. The molecule has 1 unspecified atom stereocenters. The van der Waals surface area contributed by atoms with Crippen molar-refractivity contribution in [2.24, 2.45) is 5.84 Å². The summed E-state index contributed by atoms with van der Waals surface area (Å²) in [6.45, 7) is 1.27. The third-order valence-electron chi connectivity index (χ3n) is 5.18. The molecule has 1 atom stereocenters. The molecule has 4 N–H and O–H groups in total. The average molecular weight is 412 g/mol. The van der Waals surface area contributed by atoms with Crippen LogP contribution in [0.15, 0.2) is 42.5 Å². The van der Waals surface area contributed by atoms with E-state index in [1.807, 2.05) is 18.2 Å². The van der Waals surface area contributed by atoms with Crippen molar-refractivity contribution in [1.82, 2.24) is 5.32 Å². The Labute approximate surface area is 174 Å². The lowest BCUT2D eigenvalue weighted by molar-refractivity contribution is 0.0855. The maximum absolute atomic E-state index is 12.8. The Morgan fingerprint density at radius 3 is 2.90 bits per heavy atom. The summed E-state index contributed by atoms with van der Waals surface area (Å²) in [5.74, 6) is 6.07. The van der Waals surface area contributed by atoms with E-state index in [1.54, 1.807) is 24.5 Å². The van der Waals surface area contributed by atoms with Gasteiger partial charge in [0.1, 0.15) is 5.75 Å². The molecule has 29 heavy (non-hydrogen) atoms. The Morgan fingerprint density at radius 2 is 2.17 bits per heavy atom. The van der Waals surface area contributed by atoms with Crippen molar-refractivity contribution < 1.29 is 14.3 Å². The first-order chi connectivity index (χ1) is 14.2. The second-order valence-corrected chi connectivity index (χ2v) is 8.29. The monoisotopic (exact) mass is 411 g/mol. The van der Waals surface area contributed by atoms with Gasteiger partial charge in [0, 0.05) is 35.2 Å². The number of amides is 1. The predicted octanol–water partition coefficient (Wildman–Crippen LogP) is 3.70. The van der Waals surface area contributed by atoms with E-state index >= 15 is 0 Å². The van der Waals surface area contributed by atoms with Crippen molar-refractivity contribution in [3.05, 3.63) is 58.5 Å². The maximum atomic E-state index is 12.8. The van der Waals surface area contributed by atoms with E-state index in [4.69, 9.17) is 15.3 Å². The van der Waals surface area contributed by atoms with Crippen molar-refractivity contribution in [3.63, 3.8) is 0 Å². The molecule has 0 bridgehead atoms. The Morgan fingerprint density at radius 1 is 1.31 bits per heavy atom. The Bertz CT molecular complexity index is 979. The number of ether oxygens (including phenoxy) is 2. The van der Waals surface area contributed by atoms with Gasteiger partial charge in [0.15, 0.2) is 0 Å². The summed E-state index contributed by atoms with van der Waals surface area (Å²) in [5, 5.41) is 4.19. The molecule has 6 nitrogen and oxygen atoms in total. The number of hydrogen-bond donors (Lipinski definition) is 3. The van der Waals surface area contributed by atoms with E-state index in [9.17, 15) is 4.79 Å². The lowest BCUT2D eigenvalue weighted by Crippen LogP contribution is -2.32. The summed E-state index contributed by atoms with van der Waals surface area (Å²) in [6, 6.07) is 14.1. The van der Waals surface area contributed by atoms with Crippen LogP contribution in [0.3, 0.4) is 0 Å². The van der Waals surface area contributed by atoms with Gasteiger partial charge in [-0.25, -0.2) is 0 Å². The normalized spacial score (nSPS) is 16.1. The molecule has 1 amide bonds. The van der Waals surface area contributed by atoms with Crippen LogP contribution in [0.25, 0.3) is 10.1 Å². The SMILES string of the molecule is COc1cc(NN)c(Cc2cc3ccccc3s2)cc1C(=O)NCC1CCCO1. The first kappa shape index (κ1) is 19.7. The van der Waals surface area contributed by atoms with Gasteiger partial charge in [-0.15, -0.1) is 11.3 Å². The number of methoxy groups -OCH3 is 1. The first-order valence-corrected chi connectivity index (χ1v) is 10.5. The molecular weight excluding hydrogens is 386 g/mol. The summed E-state index contributed by atoms with van der Waals surface area (Å²) < 4.78 is 12.3. The molecule has 1 aromatic heterocycles. The smallest absolute Gasteiger partial charge is 0.255 e. The molecule has 0 spiro atoms. The molecule has 0 saturated carbocycles. The molecule has 4 rings (SSSR count). The van der Waals surface area contributed by atoms with Gasteiger partial charge in [-0.05, 0) is 42.0 Å². The number of fused-ring (bicyclic) bond motifs is 1. The van der Waals surface area contributed by atoms with Crippen LogP contribution in [0, 0.1) is 0 Å². The average Bonchev–Trinajstić information content (AvgIpc) is 3.40. The van der Waals surface area contributed by atoms with Crippen LogP contribution < -0.4 is 21.3 Å². The van der Waals surface area contributed by atoms with Crippen molar-refractivity contribution in [3.8, 4) is 5.75 Å². The molecule has 0 radical (unpaired) electrons. The molecule has 1 aliphatic rings. The van der Waals surface area contributed by atoms with Crippen LogP contribution in [0.1, 0.15) is 33.6 Å². The zero-order valence-electron chi connectivity index (χ0n) is 16.4. The molecule has 3 aromatic rings. The second-order valence-electron chi connectivity index (χ2n) is 7.13. The Kier molecular flexibility index (Phi) is 5.99. The number of carbonyl (C=O) groups is 1. The highest BCUT2D eigenvalue weighted by atomic mass is 32.1. The number of hydrazine groups is 1. The van der Waals surface area contributed by atoms with Crippen molar-refractivity contribution in [2.75, 3.05) is 25.7 Å². The molecular formula is C22H25N3O3S. The minimum atomic E-state index is -0.168. The van der Waals surface area contributed by atoms with E-state index in [0.29, 0.717) is 24.3 Å². The van der Waals surface area contributed by atoms with Crippen LogP contribution in [0.2, 0.25) is 0 Å². The topological polar surface area (TPSA) is 85.6 Å². The summed E-state index contributed by atoms with van der Waals surface area (Å²) in [5.41, 5.74) is 4.93. The summed E-state index contributed by atoms with van der Waals surface area (Å²) >= 11 is 1.75. The van der Waals surface area contributed by atoms with E-state index in [0.717, 1.165) is 30.7 Å². The molecule has 1 aliphatic heterocycles. The maximum Gasteiger partial charge on any atom is 0.255 e. The van der Waals surface area contributed by atoms with E-state index in [2.05, 4.69) is 28.9 Å². The summed E-state index contributed by atoms with van der Waals surface area (Å²) in [7, 11) is 1.55. The van der Waals surface area contributed by atoms with Gasteiger partial charge < -0.3 is 20.2 Å². The molecule has 152 valence electrons. The summed E-state index contributed by atoms with van der Waals surface area (Å²) in [6.07, 6.45) is 2.78. The highest BCUT2D eigenvalue weighted by Crippen LogP contribution is 2.32. The molecule has 2 heterocycles.